The molecule has 4 amide bonds. The minimum Gasteiger partial charge on any atom is -0.481 e. The van der Waals surface area contributed by atoms with Gasteiger partial charge in [0.05, 0.1) is 12.5 Å². The van der Waals surface area contributed by atoms with E-state index in [9.17, 15) is 33.9 Å². The Labute approximate surface area is 208 Å². The number of rotatable bonds is 15. The van der Waals surface area contributed by atoms with E-state index in [1.807, 2.05) is 0 Å². The van der Waals surface area contributed by atoms with E-state index in [0.29, 0.717) is 5.56 Å². The second-order valence-electron chi connectivity index (χ2n) is 8.59. The summed E-state index contributed by atoms with van der Waals surface area (Å²) >= 11 is 0. The number of carboxylic acid groups (broad SMARTS) is 2. The molecule has 0 fully saturated rings. The molecule has 9 N–H and O–H groups in total. The molecule has 0 aromatic heterocycles. The van der Waals surface area contributed by atoms with E-state index >= 15 is 0 Å². The first-order chi connectivity index (χ1) is 16.8. The maximum Gasteiger partial charge on any atom is 0.326 e. The molecule has 13 heteroatoms. The minimum absolute atomic E-state index is 0.0152. The van der Waals surface area contributed by atoms with Gasteiger partial charge in [-0.05, 0) is 17.9 Å². The van der Waals surface area contributed by atoms with Crippen LogP contribution in [-0.4, -0.2) is 69.9 Å². The predicted octanol–water partition coefficient (Wildman–Crippen LogP) is -1.51. The highest BCUT2D eigenvalue weighted by molar-refractivity contribution is 5.96. The van der Waals surface area contributed by atoms with Crippen LogP contribution in [0.4, 0.5) is 0 Å². The molecule has 13 nitrogen and oxygen atoms in total. The van der Waals surface area contributed by atoms with Crippen LogP contribution in [-0.2, 0) is 35.2 Å². The molecule has 4 atom stereocenters. The standard InChI is InChI=1S/C23H33N5O8/c1-12(2)19(23(35)36)28-22(34)16(11-17(25)29)27-21(33)15(10-13-6-4-3-5-7-13)26-20(32)14(24)8-9-18(30)31/h3-7,12,14-16,19H,8-11,24H2,1-2H3,(H2,25,29)(H,26,32)(H,27,33)(H,28,34)(H,30,31)(H,35,36). The van der Waals surface area contributed by atoms with Gasteiger partial charge in [-0.1, -0.05) is 44.2 Å². The third-order valence-corrected chi connectivity index (χ3v) is 5.19. The Morgan fingerprint density at radius 1 is 0.861 bits per heavy atom. The van der Waals surface area contributed by atoms with Crippen LogP contribution in [0.2, 0.25) is 0 Å². The van der Waals surface area contributed by atoms with Crippen LogP contribution in [0.1, 0.15) is 38.7 Å². The van der Waals surface area contributed by atoms with Crippen LogP contribution >= 0.6 is 0 Å². The van der Waals surface area contributed by atoms with Crippen molar-refractivity contribution in [3.05, 3.63) is 35.9 Å². The highest BCUT2D eigenvalue weighted by Gasteiger charge is 2.32. The first-order valence-corrected chi connectivity index (χ1v) is 11.2. The largest absolute Gasteiger partial charge is 0.481 e. The van der Waals surface area contributed by atoms with Crippen LogP contribution in [0.25, 0.3) is 0 Å². The zero-order valence-electron chi connectivity index (χ0n) is 20.1. The van der Waals surface area contributed by atoms with Gasteiger partial charge in [0.25, 0.3) is 0 Å². The molecule has 36 heavy (non-hydrogen) atoms. The fourth-order valence-corrected chi connectivity index (χ4v) is 3.20. The van der Waals surface area contributed by atoms with E-state index in [-0.39, 0.29) is 19.3 Å². The van der Waals surface area contributed by atoms with Crippen LogP contribution < -0.4 is 27.4 Å². The third-order valence-electron chi connectivity index (χ3n) is 5.19. The van der Waals surface area contributed by atoms with Crippen molar-refractivity contribution in [3.8, 4) is 0 Å². The van der Waals surface area contributed by atoms with Gasteiger partial charge in [-0.2, -0.15) is 0 Å². The Balaban J connectivity index is 3.10. The van der Waals surface area contributed by atoms with E-state index in [0.717, 1.165) is 0 Å². The van der Waals surface area contributed by atoms with Crippen molar-refractivity contribution in [2.75, 3.05) is 0 Å². The molecular weight excluding hydrogens is 474 g/mol. The van der Waals surface area contributed by atoms with Gasteiger partial charge in [0.2, 0.25) is 23.6 Å². The Morgan fingerprint density at radius 2 is 1.42 bits per heavy atom. The summed E-state index contributed by atoms with van der Waals surface area (Å²) in [7, 11) is 0. The summed E-state index contributed by atoms with van der Waals surface area (Å²) in [6.45, 7) is 3.14. The number of hydrogen-bond donors (Lipinski definition) is 7. The highest BCUT2D eigenvalue weighted by Crippen LogP contribution is 2.07. The Hall–Kier alpha value is -4.00. The number of aliphatic carboxylic acids is 2. The number of carbonyl (C=O) groups is 6. The molecule has 0 saturated heterocycles. The summed E-state index contributed by atoms with van der Waals surface area (Å²) < 4.78 is 0. The predicted molar refractivity (Wildman–Crippen MR) is 127 cm³/mol. The molecule has 0 aliphatic heterocycles. The first-order valence-electron chi connectivity index (χ1n) is 11.2. The average Bonchev–Trinajstić information content (AvgIpc) is 2.79. The van der Waals surface area contributed by atoms with Crippen LogP contribution in [0.5, 0.6) is 0 Å². The Bertz CT molecular complexity index is 953. The molecule has 1 aromatic rings. The summed E-state index contributed by atoms with van der Waals surface area (Å²) in [5.41, 5.74) is 11.6. The maximum atomic E-state index is 13.1. The SMILES string of the molecule is CC(C)C(NC(=O)C(CC(N)=O)NC(=O)C(Cc1ccccc1)NC(=O)C(N)CCC(=O)O)C(=O)O. The van der Waals surface area contributed by atoms with Crippen LogP contribution in [0.15, 0.2) is 30.3 Å². The molecule has 1 aromatic carbocycles. The van der Waals surface area contributed by atoms with Gasteiger partial charge in [0.15, 0.2) is 0 Å². The van der Waals surface area contributed by atoms with Crippen molar-refractivity contribution in [1.82, 2.24) is 16.0 Å². The smallest absolute Gasteiger partial charge is 0.326 e. The van der Waals surface area contributed by atoms with Crippen molar-refractivity contribution < 1.29 is 39.0 Å². The molecule has 0 aliphatic carbocycles. The summed E-state index contributed by atoms with van der Waals surface area (Å²) in [4.78, 5) is 72.1. The molecule has 0 spiro atoms. The van der Waals surface area contributed by atoms with Crippen molar-refractivity contribution in [2.45, 2.75) is 63.7 Å². The van der Waals surface area contributed by atoms with Gasteiger partial charge in [0, 0.05) is 12.8 Å². The molecule has 0 heterocycles. The van der Waals surface area contributed by atoms with Crippen molar-refractivity contribution in [1.29, 1.82) is 0 Å². The normalized spacial score (nSPS) is 14.1. The van der Waals surface area contributed by atoms with E-state index in [2.05, 4.69) is 16.0 Å². The number of hydrogen-bond acceptors (Lipinski definition) is 7. The van der Waals surface area contributed by atoms with Crippen LogP contribution in [0.3, 0.4) is 0 Å². The molecule has 0 bridgehead atoms. The summed E-state index contributed by atoms with van der Waals surface area (Å²) in [6.07, 6.45) is -1.16. The fourth-order valence-electron chi connectivity index (χ4n) is 3.20. The minimum atomic E-state index is -1.51. The third kappa shape index (κ3) is 10.5. The van der Waals surface area contributed by atoms with Gasteiger partial charge >= 0.3 is 11.9 Å². The molecule has 0 radical (unpaired) electrons. The van der Waals surface area contributed by atoms with Crippen molar-refractivity contribution in [3.63, 3.8) is 0 Å². The molecular formula is C23H33N5O8. The number of nitrogens with two attached hydrogens (primary N) is 2. The Morgan fingerprint density at radius 3 is 1.92 bits per heavy atom. The van der Waals surface area contributed by atoms with Crippen LogP contribution in [0, 0.1) is 5.92 Å². The van der Waals surface area contributed by atoms with E-state index in [4.69, 9.17) is 16.6 Å². The molecule has 4 unspecified atom stereocenters. The fraction of sp³-hybridized carbons (Fsp3) is 0.478. The Kier molecular flexibility index (Phi) is 12.0. The number of primary amides is 1. The number of carboxylic acids is 2. The quantitative estimate of drug-likeness (QED) is 0.146. The zero-order valence-corrected chi connectivity index (χ0v) is 20.1. The van der Waals surface area contributed by atoms with Crippen molar-refractivity contribution in [2.24, 2.45) is 17.4 Å². The maximum absolute atomic E-state index is 13.1. The van der Waals surface area contributed by atoms with E-state index in [1.165, 1.54) is 0 Å². The van der Waals surface area contributed by atoms with E-state index in [1.54, 1.807) is 44.2 Å². The van der Waals surface area contributed by atoms with Gasteiger partial charge in [-0.15, -0.1) is 0 Å². The number of nitrogens with one attached hydrogen (secondary N) is 3. The lowest BCUT2D eigenvalue weighted by atomic mass is 10.0. The molecule has 0 aliphatic rings. The second-order valence-corrected chi connectivity index (χ2v) is 8.59. The van der Waals surface area contributed by atoms with Gasteiger partial charge in [-0.3, -0.25) is 24.0 Å². The molecule has 1 rings (SSSR count). The molecule has 0 saturated carbocycles. The van der Waals surface area contributed by atoms with Gasteiger partial charge in [0.1, 0.15) is 18.1 Å². The summed E-state index contributed by atoms with van der Waals surface area (Å²) in [5.74, 6) is -6.43. The topological polar surface area (TPSA) is 231 Å². The van der Waals surface area contributed by atoms with Gasteiger partial charge < -0.3 is 37.6 Å². The van der Waals surface area contributed by atoms with Crippen molar-refractivity contribution >= 4 is 35.6 Å². The monoisotopic (exact) mass is 507 g/mol. The lowest BCUT2D eigenvalue weighted by Gasteiger charge is -2.25. The first kappa shape index (κ1) is 30.0. The number of amides is 4. The number of benzene rings is 1. The highest BCUT2D eigenvalue weighted by atomic mass is 16.4. The lowest BCUT2D eigenvalue weighted by Crippen LogP contribution is -2.58. The summed E-state index contributed by atoms with van der Waals surface area (Å²) in [5, 5.41) is 25.2. The van der Waals surface area contributed by atoms with E-state index < -0.39 is 72.1 Å². The second kappa shape index (κ2) is 14.4. The number of carbonyl (C=O) groups excluding carboxylic acids is 4. The average molecular weight is 508 g/mol. The molecule has 198 valence electrons. The summed E-state index contributed by atoms with van der Waals surface area (Å²) in [6, 6.07) is 3.33. The lowest BCUT2D eigenvalue weighted by molar-refractivity contribution is -0.143. The zero-order chi connectivity index (χ0) is 27.4. The van der Waals surface area contributed by atoms with Gasteiger partial charge in [-0.25, -0.2) is 4.79 Å².